The van der Waals surface area contributed by atoms with Crippen molar-refractivity contribution in [2.45, 2.75) is 62.7 Å². The van der Waals surface area contributed by atoms with Gasteiger partial charge in [0.2, 0.25) is 5.75 Å². The molecule has 1 aliphatic rings. The van der Waals surface area contributed by atoms with Gasteiger partial charge in [0.15, 0.2) is 32.8 Å². The van der Waals surface area contributed by atoms with Gasteiger partial charge in [0.05, 0.1) is 63.6 Å². The molecule has 1 saturated heterocycles. The standard InChI is InChI=1S/C30H39NO9S2/c1-6-11-39-30-26(38-12-9-28-31-10-13-41-28)16-21(17-27(30)42(33,34)18-19(2)32)23-8-7-22(40-23)20-14-24(35-3)29(37-5)25(15-20)36-4/h10,13-17,19,22-23,32H,6-9,11-12,18H2,1-5H3. The van der Waals surface area contributed by atoms with Crippen LogP contribution in [0.25, 0.3) is 0 Å². The summed E-state index contributed by atoms with van der Waals surface area (Å²) in [4.78, 5) is 4.28. The van der Waals surface area contributed by atoms with E-state index < -0.39 is 27.8 Å². The molecular weight excluding hydrogens is 582 g/mol. The van der Waals surface area contributed by atoms with Crippen molar-refractivity contribution in [2.75, 3.05) is 40.3 Å². The van der Waals surface area contributed by atoms with Gasteiger partial charge in [-0.3, -0.25) is 0 Å². The molecule has 0 amide bonds. The molecule has 0 radical (unpaired) electrons. The Morgan fingerprint density at radius 1 is 0.952 bits per heavy atom. The summed E-state index contributed by atoms with van der Waals surface area (Å²) in [6.07, 6.45) is 2.56. The highest BCUT2D eigenvalue weighted by Gasteiger charge is 2.33. The largest absolute Gasteiger partial charge is 0.493 e. The molecule has 42 heavy (non-hydrogen) atoms. The number of thiazole rings is 1. The molecule has 2 heterocycles. The van der Waals surface area contributed by atoms with Crippen LogP contribution in [0.15, 0.2) is 40.7 Å². The Morgan fingerprint density at radius 3 is 2.14 bits per heavy atom. The summed E-state index contributed by atoms with van der Waals surface area (Å²) < 4.78 is 62.1. The molecule has 1 aromatic heterocycles. The first-order valence-electron chi connectivity index (χ1n) is 13.9. The summed E-state index contributed by atoms with van der Waals surface area (Å²) >= 11 is 1.53. The summed E-state index contributed by atoms with van der Waals surface area (Å²) in [5.74, 6) is 1.57. The van der Waals surface area contributed by atoms with E-state index in [2.05, 4.69) is 4.98 Å². The quantitative estimate of drug-likeness (QED) is 0.238. The van der Waals surface area contributed by atoms with Crippen molar-refractivity contribution in [1.82, 2.24) is 4.98 Å². The number of rotatable bonds is 15. The van der Waals surface area contributed by atoms with Crippen LogP contribution in [-0.2, 0) is 21.0 Å². The predicted octanol–water partition coefficient (Wildman–Crippen LogP) is 5.33. The number of sulfone groups is 1. The first kappa shape index (κ1) is 31.9. The minimum absolute atomic E-state index is 0.0153. The van der Waals surface area contributed by atoms with Gasteiger partial charge in [-0.15, -0.1) is 11.3 Å². The Labute approximate surface area is 251 Å². The van der Waals surface area contributed by atoms with Crippen LogP contribution in [0.2, 0.25) is 0 Å². The van der Waals surface area contributed by atoms with E-state index in [0.717, 1.165) is 10.6 Å². The van der Waals surface area contributed by atoms with Gasteiger partial charge in [0.1, 0.15) is 4.90 Å². The number of hydrogen-bond donors (Lipinski definition) is 1. The van der Waals surface area contributed by atoms with E-state index in [0.29, 0.717) is 60.9 Å². The fraction of sp³-hybridized carbons (Fsp3) is 0.500. The highest BCUT2D eigenvalue weighted by atomic mass is 32.2. The van der Waals surface area contributed by atoms with E-state index in [-0.39, 0.29) is 23.4 Å². The lowest BCUT2D eigenvalue weighted by molar-refractivity contribution is 0.0435. The zero-order chi connectivity index (χ0) is 30.3. The maximum Gasteiger partial charge on any atom is 0.203 e. The lowest BCUT2D eigenvalue weighted by Gasteiger charge is -2.21. The summed E-state index contributed by atoms with van der Waals surface area (Å²) in [6.45, 7) is 3.98. The van der Waals surface area contributed by atoms with Crippen molar-refractivity contribution in [3.63, 3.8) is 0 Å². The monoisotopic (exact) mass is 621 g/mol. The molecule has 0 saturated carbocycles. The SMILES string of the molecule is CCCOc1c(OCCc2nccs2)cc(C2CCC(c3cc(OC)c(OC)c(OC)c3)O2)cc1S(=O)(=O)CC(C)O. The first-order chi connectivity index (χ1) is 20.2. The Hall–Kier alpha value is -3.06. The van der Waals surface area contributed by atoms with Crippen LogP contribution < -0.4 is 23.7 Å². The molecule has 1 N–H and O–H groups in total. The topological polar surface area (TPSA) is 123 Å². The van der Waals surface area contributed by atoms with Gasteiger partial charge >= 0.3 is 0 Å². The zero-order valence-electron chi connectivity index (χ0n) is 24.6. The van der Waals surface area contributed by atoms with Gasteiger partial charge in [-0.25, -0.2) is 13.4 Å². The molecule has 10 nitrogen and oxygen atoms in total. The molecule has 1 fully saturated rings. The van der Waals surface area contributed by atoms with Crippen LogP contribution in [-0.4, -0.2) is 64.9 Å². The molecule has 0 spiro atoms. The summed E-state index contributed by atoms with van der Waals surface area (Å²) in [7, 11) is 0.753. The second kappa shape index (κ2) is 14.4. The smallest absolute Gasteiger partial charge is 0.203 e. The lowest BCUT2D eigenvalue weighted by atomic mass is 10.0. The number of hydrogen-bond acceptors (Lipinski definition) is 11. The Balaban J connectivity index is 1.70. The number of benzene rings is 2. The summed E-state index contributed by atoms with van der Waals surface area (Å²) in [6, 6.07) is 7.12. The molecule has 230 valence electrons. The van der Waals surface area contributed by atoms with Gasteiger partial charge in [-0.05, 0) is 61.6 Å². The van der Waals surface area contributed by atoms with Crippen LogP contribution >= 0.6 is 11.3 Å². The molecule has 0 aliphatic carbocycles. The molecule has 2 aromatic carbocycles. The number of aliphatic hydroxyl groups is 1. The second-order valence-electron chi connectivity index (χ2n) is 10.00. The Morgan fingerprint density at radius 2 is 1.60 bits per heavy atom. The molecule has 1 aliphatic heterocycles. The summed E-state index contributed by atoms with van der Waals surface area (Å²) in [5, 5.41) is 12.8. The van der Waals surface area contributed by atoms with Crippen molar-refractivity contribution < 1.29 is 41.9 Å². The van der Waals surface area contributed by atoms with E-state index in [4.69, 9.17) is 28.4 Å². The zero-order valence-corrected chi connectivity index (χ0v) is 26.3. The fourth-order valence-electron chi connectivity index (χ4n) is 4.91. The van der Waals surface area contributed by atoms with Gasteiger partial charge in [0.25, 0.3) is 0 Å². The maximum absolute atomic E-state index is 13.5. The van der Waals surface area contributed by atoms with E-state index in [9.17, 15) is 13.5 Å². The highest BCUT2D eigenvalue weighted by molar-refractivity contribution is 7.91. The fourth-order valence-corrected chi connectivity index (χ4v) is 7.09. The maximum atomic E-state index is 13.5. The molecule has 3 aromatic rings. The summed E-state index contributed by atoms with van der Waals surface area (Å²) in [5.41, 5.74) is 1.51. The van der Waals surface area contributed by atoms with Gasteiger partial charge in [-0.2, -0.15) is 0 Å². The molecule has 4 rings (SSSR count). The van der Waals surface area contributed by atoms with Crippen LogP contribution in [0.5, 0.6) is 28.7 Å². The van der Waals surface area contributed by atoms with Gasteiger partial charge in [0, 0.05) is 18.0 Å². The van der Waals surface area contributed by atoms with E-state index in [1.54, 1.807) is 39.7 Å². The van der Waals surface area contributed by atoms with Crippen LogP contribution in [0.3, 0.4) is 0 Å². The van der Waals surface area contributed by atoms with Crippen molar-refractivity contribution >= 4 is 21.2 Å². The van der Waals surface area contributed by atoms with Crippen LogP contribution in [0.4, 0.5) is 0 Å². The number of aliphatic hydroxyl groups excluding tert-OH is 1. The Bertz CT molecular complexity index is 1400. The van der Waals surface area contributed by atoms with Crippen molar-refractivity contribution in [1.29, 1.82) is 0 Å². The third-order valence-electron chi connectivity index (χ3n) is 6.80. The van der Waals surface area contributed by atoms with E-state index in [1.807, 2.05) is 24.4 Å². The predicted molar refractivity (Wildman–Crippen MR) is 159 cm³/mol. The van der Waals surface area contributed by atoms with Crippen LogP contribution in [0.1, 0.15) is 61.5 Å². The third kappa shape index (κ3) is 7.47. The Kier molecular flexibility index (Phi) is 10.9. The van der Waals surface area contributed by atoms with E-state index in [1.165, 1.54) is 18.3 Å². The molecule has 12 heteroatoms. The number of nitrogens with zero attached hydrogens (tertiary/aromatic N) is 1. The number of ether oxygens (including phenoxy) is 6. The number of methoxy groups -OCH3 is 3. The molecule has 3 atom stereocenters. The molecule has 3 unspecified atom stereocenters. The first-order valence-corrected chi connectivity index (χ1v) is 16.4. The second-order valence-corrected chi connectivity index (χ2v) is 13.0. The van der Waals surface area contributed by atoms with Crippen molar-refractivity contribution in [2.24, 2.45) is 0 Å². The lowest BCUT2D eigenvalue weighted by Crippen LogP contribution is -2.19. The van der Waals surface area contributed by atoms with Gasteiger partial charge in [-0.1, -0.05) is 6.92 Å². The minimum atomic E-state index is -3.92. The normalized spacial score (nSPS) is 17.6. The third-order valence-corrected chi connectivity index (χ3v) is 9.53. The number of aromatic nitrogens is 1. The highest BCUT2D eigenvalue weighted by Crippen LogP contribution is 2.48. The average molecular weight is 622 g/mol. The van der Waals surface area contributed by atoms with E-state index >= 15 is 0 Å². The molecular formula is C30H39NO9S2. The van der Waals surface area contributed by atoms with Gasteiger partial charge < -0.3 is 33.5 Å². The van der Waals surface area contributed by atoms with Crippen molar-refractivity contribution in [3.05, 3.63) is 52.0 Å². The molecule has 0 bridgehead atoms. The minimum Gasteiger partial charge on any atom is -0.493 e. The average Bonchev–Trinajstić information content (AvgIpc) is 3.67. The van der Waals surface area contributed by atoms with Crippen LogP contribution in [0, 0.1) is 0 Å². The van der Waals surface area contributed by atoms with Crippen molar-refractivity contribution in [3.8, 4) is 28.7 Å².